The van der Waals surface area contributed by atoms with E-state index < -0.39 is 0 Å². The average molecular weight is 202 g/mol. The molecule has 0 fully saturated rings. The summed E-state index contributed by atoms with van der Waals surface area (Å²) in [4.78, 5) is 10.3. The fourth-order valence-electron chi connectivity index (χ4n) is 1.43. The molecule has 0 aromatic heterocycles. The van der Waals surface area contributed by atoms with Gasteiger partial charge in [-0.1, -0.05) is 45.0 Å². The molecule has 0 unspecified atom stereocenters. The molecular weight excluding hydrogens is 184 g/mol. The van der Waals surface area contributed by atoms with Crippen molar-refractivity contribution in [1.29, 1.82) is 0 Å². The van der Waals surface area contributed by atoms with Gasteiger partial charge in [-0.05, 0) is 35.1 Å². The van der Waals surface area contributed by atoms with Crippen LogP contribution in [0.15, 0.2) is 30.3 Å². The molecule has 0 atom stereocenters. The molecule has 0 aliphatic heterocycles. The van der Waals surface area contributed by atoms with E-state index in [1.807, 2.05) is 6.92 Å². The second kappa shape index (κ2) is 4.43. The Balaban J connectivity index is 3.00. The van der Waals surface area contributed by atoms with Crippen LogP contribution in [0, 0.1) is 0 Å². The monoisotopic (exact) mass is 202 g/mol. The van der Waals surface area contributed by atoms with Crippen molar-refractivity contribution in [2.24, 2.45) is 0 Å². The molecule has 0 aliphatic carbocycles. The fourth-order valence-corrected chi connectivity index (χ4v) is 1.43. The van der Waals surface area contributed by atoms with Crippen molar-refractivity contribution in [3.8, 4) is 0 Å². The second-order valence-electron chi connectivity index (χ2n) is 4.81. The zero-order chi connectivity index (χ0) is 11.5. The standard InChI is InChI=1S/C14H18O/c1-11(9-10-15)12-5-7-13(8-6-12)14(2,3)4/h5-10H,1-4H3. The van der Waals surface area contributed by atoms with Gasteiger partial charge in [0, 0.05) is 0 Å². The molecule has 1 heteroatoms. The Morgan fingerprint density at radius 1 is 1.13 bits per heavy atom. The Bertz CT molecular complexity index is 363. The lowest BCUT2D eigenvalue weighted by Crippen LogP contribution is -2.10. The van der Waals surface area contributed by atoms with E-state index in [-0.39, 0.29) is 5.41 Å². The van der Waals surface area contributed by atoms with Gasteiger partial charge < -0.3 is 0 Å². The third-order valence-electron chi connectivity index (χ3n) is 2.52. The van der Waals surface area contributed by atoms with Gasteiger partial charge in [-0.2, -0.15) is 0 Å². The molecule has 1 aromatic carbocycles. The molecule has 0 N–H and O–H groups in total. The van der Waals surface area contributed by atoms with Gasteiger partial charge in [0.2, 0.25) is 0 Å². The Morgan fingerprint density at radius 2 is 1.67 bits per heavy atom. The third kappa shape index (κ3) is 3.05. The summed E-state index contributed by atoms with van der Waals surface area (Å²) in [6.45, 7) is 8.52. The number of hydrogen-bond donors (Lipinski definition) is 0. The van der Waals surface area contributed by atoms with E-state index in [0.29, 0.717) is 0 Å². The molecule has 0 bridgehead atoms. The molecule has 1 rings (SSSR count). The smallest absolute Gasteiger partial charge is 0.143 e. The maximum atomic E-state index is 10.3. The number of allylic oxidation sites excluding steroid dienone is 2. The van der Waals surface area contributed by atoms with Gasteiger partial charge >= 0.3 is 0 Å². The van der Waals surface area contributed by atoms with E-state index in [1.54, 1.807) is 6.08 Å². The van der Waals surface area contributed by atoms with E-state index in [2.05, 4.69) is 45.0 Å². The Hall–Kier alpha value is -1.37. The molecule has 0 amide bonds. The average Bonchev–Trinajstić information content (AvgIpc) is 2.17. The lowest BCUT2D eigenvalue weighted by molar-refractivity contribution is -0.104. The van der Waals surface area contributed by atoms with Crippen LogP contribution in [-0.2, 0) is 10.2 Å². The van der Waals surface area contributed by atoms with E-state index in [4.69, 9.17) is 0 Å². The van der Waals surface area contributed by atoms with Crippen molar-refractivity contribution < 1.29 is 4.79 Å². The first-order chi connectivity index (χ1) is 6.95. The highest BCUT2D eigenvalue weighted by atomic mass is 16.1. The molecule has 0 saturated heterocycles. The van der Waals surface area contributed by atoms with Crippen molar-refractivity contribution in [2.75, 3.05) is 0 Å². The molecular formula is C14H18O. The van der Waals surface area contributed by atoms with Crippen molar-refractivity contribution in [2.45, 2.75) is 33.1 Å². The largest absolute Gasteiger partial charge is 0.299 e. The van der Waals surface area contributed by atoms with Crippen molar-refractivity contribution in [1.82, 2.24) is 0 Å². The molecule has 80 valence electrons. The van der Waals surface area contributed by atoms with Crippen LogP contribution in [0.25, 0.3) is 5.57 Å². The number of carbonyl (C=O) groups excluding carboxylic acids is 1. The normalized spacial score (nSPS) is 12.7. The topological polar surface area (TPSA) is 17.1 Å². The van der Waals surface area contributed by atoms with Gasteiger partial charge in [0.15, 0.2) is 0 Å². The Kier molecular flexibility index (Phi) is 3.46. The SMILES string of the molecule is CC(=CC=O)c1ccc(C(C)(C)C)cc1. The van der Waals surface area contributed by atoms with Crippen LogP contribution in [0.2, 0.25) is 0 Å². The van der Waals surface area contributed by atoms with Crippen molar-refractivity contribution >= 4 is 11.9 Å². The van der Waals surface area contributed by atoms with Crippen LogP contribution in [0.1, 0.15) is 38.8 Å². The highest BCUT2D eigenvalue weighted by molar-refractivity contribution is 5.80. The zero-order valence-electron chi connectivity index (χ0n) is 9.87. The van der Waals surface area contributed by atoms with Gasteiger partial charge in [-0.3, -0.25) is 4.79 Å². The van der Waals surface area contributed by atoms with Crippen LogP contribution >= 0.6 is 0 Å². The zero-order valence-corrected chi connectivity index (χ0v) is 9.87. The summed E-state index contributed by atoms with van der Waals surface area (Å²) < 4.78 is 0. The quantitative estimate of drug-likeness (QED) is 0.529. The van der Waals surface area contributed by atoms with Crippen LogP contribution in [0.3, 0.4) is 0 Å². The third-order valence-corrected chi connectivity index (χ3v) is 2.52. The van der Waals surface area contributed by atoms with Crippen LogP contribution in [0.5, 0.6) is 0 Å². The highest BCUT2D eigenvalue weighted by Crippen LogP contribution is 2.23. The number of benzene rings is 1. The first-order valence-electron chi connectivity index (χ1n) is 5.18. The summed E-state index contributed by atoms with van der Waals surface area (Å²) >= 11 is 0. The van der Waals surface area contributed by atoms with Crippen molar-refractivity contribution in [3.05, 3.63) is 41.5 Å². The van der Waals surface area contributed by atoms with E-state index in [1.165, 1.54) is 5.56 Å². The van der Waals surface area contributed by atoms with E-state index >= 15 is 0 Å². The summed E-state index contributed by atoms with van der Waals surface area (Å²) in [5.41, 5.74) is 3.60. The summed E-state index contributed by atoms with van der Waals surface area (Å²) in [6.07, 6.45) is 2.42. The Labute approximate surface area is 91.8 Å². The van der Waals surface area contributed by atoms with Crippen molar-refractivity contribution in [3.63, 3.8) is 0 Å². The number of rotatable bonds is 2. The Morgan fingerprint density at radius 3 is 2.07 bits per heavy atom. The number of carbonyl (C=O) groups is 1. The number of hydrogen-bond acceptors (Lipinski definition) is 1. The molecule has 15 heavy (non-hydrogen) atoms. The van der Waals surface area contributed by atoms with Gasteiger partial charge in [-0.15, -0.1) is 0 Å². The minimum atomic E-state index is 0.181. The predicted octanol–water partition coefficient (Wildman–Crippen LogP) is 3.59. The van der Waals surface area contributed by atoms with Crippen LogP contribution in [-0.4, -0.2) is 6.29 Å². The van der Waals surface area contributed by atoms with Gasteiger partial charge in [0.05, 0.1) is 0 Å². The maximum absolute atomic E-state index is 10.3. The second-order valence-corrected chi connectivity index (χ2v) is 4.81. The van der Waals surface area contributed by atoms with E-state index in [9.17, 15) is 4.79 Å². The van der Waals surface area contributed by atoms with Gasteiger partial charge in [0.25, 0.3) is 0 Å². The van der Waals surface area contributed by atoms with Gasteiger partial charge in [0.1, 0.15) is 6.29 Å². The minimum absolute atomic E-state index is 0.181. The van der Waals surface area contributed by atoms with E-state index in [0.717, 1.165) is 17.4 Å². The van der Waals surface area contributed by atoms with Crippen LogP contribution in [0.4, 0.5) is 0 Å². The first kappa shape index (κ1) is 11.7. The van der Waals surface area contributed by atoms with Crippen LogP contribution < -0.4 is 0 Å². The maximum Gasteiger partial charge on any atom is 0.143 e. The molecule has 1 aromatic rings. The lowest BCUT2D eigenvalue weighted by Gasteiger charge is -2.19. The molecule has 0 saturated carbocycles. The molecule has 0 spiro atoms. The molecule has 0 aliphatic rings. The first-order valence-corrected chi connectivity index (χ1v) is 5.18. The predicted molar refractivity (Wildman–Crippen MR) is 64.9 cm³/mol. The minimum Gasteiger partial charge on any atom is -0.299 e. The summed E-state index contributed by atoms with van der Waals surface area (Å²) in [5.74, 6) is 0. The summed E-state index contributed by atoms with van der Waals surface area (Å²) in [7, 11) is 0. The fraction of sp³-hybridized carbons (Fsp3) is 0.357. The highest BCUT2D eigenvalue weighted by Gasteiger charge is 2.12. The summed E-state index contributed by atoms with van der Waals surface area (Å²) in [5, 5.41) is 0. The van der Waals surface area contributed by atoms with Gasteiger partial charge in [-0.25, -0.2) is 0 Å². The molecule has 0 heterocycles. The molecule has 0 radical (unpaired) electrons. The molecule has 1 nitrogen and oxygen atoms in total. The summed E-state index contributed by atoms with van der Waals surface area (Å²) in [6, 6.07) is 8.38. The lowest BCUT2D eigenvalue weighted by atomic mass is 9.86. The number of aldehydes is 1.